The predicted octanol–water partition coefficient (Wildman–Crippen LogP) is 1.53. The molecule has 0 atom stereocenters. The van der Waals surface area contributed by atoms with Crippen LogP contribution in [0, 0.1) is 5.82 Å². The highest BCUT2D eigenvalue weighted by molar-refractivity contribution is 5.89. The van der Waals surface area contributed by atoms with Gasteiger partial charge in [-0.15, -0.1) is 0 Å². The monoisotopic (exact) mass is 220 g/mol. The fourth-order valence-electron chi connectivity index (χ4n) is 0.978. The Balaban J connectivity index is 3.35. The lowest BCUT2D eigenvalue weighted by Crippen LogP contribution is -2.11. The van der Waals surface area contributed by atoms with Gasteiger partial charge in [0, 0.05) is 6.20 Å². The molecule has 1 aromatic heterocycles. The summed E-state index contributed by atoms with van der Waals surface area (Å²) in [7, 11) is 1.00. The second kappa shape index (κ2) is 4.16. The molecular weight excluding hydrogens is 213 g/mol. The lowest BCUT2D eigenvalue weighted by molar-refractivity contribution is 0.0593. The summed E-state index contributed by atoms with van der Waals surface area (Å²) in [5.74, 6) is -3.12. The lowest BCUT2D eigenvalue weighted by Gasteiger charge is -2.07. The third kappa shape index (κ3) is 2.00. The molecule has 0 bridgehead atoms. The van der Waals surface area contributed by atoms with Crippen molar-refractivity contribution >= 4 is 11.8 Å². The van der Waals surface area contributed by atoms with Crippen LogP contribution < -0.4 is 5.73 Å². The molecule has 0 aromatic carbocycles. The van der Waals surface area contributed by atoms with E-state index in [0.717, 1.165) is 13.3 Å². The first-order valence-electron chi connectivity index (χ1n) is 3.79. The summed E-state index contributed by atoms with van der Waals surface area (Å²) in [6.07, 6.45) is -2.38. The maximum Gasteiger partial charge on any atom is 0.342 e. The molecule has 1 aromatic rings. The van der Waals surface area contributed by atoms with Gasteiger partial charge in [0.1, 0.15) is 11.4 Å². The third-order valence-corrected chi connectivity index (χ3v) is 1.71. The van der Waals surface area contributed by atoms with Crippen LogP contribution in [-0.4, -0.2) is 18.1 Å². The van der Waals surface area contributed by atoms with Crippen LogP contribution in [-0.2, 0) is 4.74 Å². The first kappa shape index (κ1) is 11.3. The second-order valence-electron chi connectivity index (χ2n) is 2.58. The number of rotatable bonds is 2. The normalized spacial score (nSPS) is 10.5. The molecule has 0 spiro atoms. The highest BCUT2D eigenvalue weighted by atomic mass is 19.3. The molecule has 2 N–H and O–H groups in total. The van der Waals surface area contributed by atoms with E-state index in [2.05, 4.69) is 9.72 Å². The van der Waals surface area contributed by atoms with Gasteiger partial charge in [-0.3, -0.25) is 0 Å². The molecule has 0 saturated carbocycles. The number of halogens is 3. The average Bonchev–Trinajstić information content (AvgIpc) is 2.16. The molecule has 7 heteroatoms. The number of carbonyl (C=O) groups is 1. The zero-order valence-corrected chi connectivity index (χ0v) is 7.63. The zero-order chi connectivity index (χ0) is 11.6. The summed E-state index contributed by atoms with van der Waals surface area (Å²) in [6, 6.07) is 0. The van der Waals surface area contributed by atoms with Gasteiger partial charge in [0.05, 0.1) is 12.7 Å². The second-order valence-corrected chi connectivity index (χ2v) is 2.58. The van der Waals surface area contributed by atoms with Crippen molar-refractivity contribution in [2.24, 2.45) is 0 Å². The van der Waals surface area contributed by atoms with Crippen LogP contribution in [0.5, 0.6) is 0 Å². The fourth-order valence-corrected chi connectivity index (χ4v) is 0.978. The van der Waals surface area contributed by atoms with Crippen molar-refractivity contribution in [3.63, 3.8) is 0 Å². The number of anilines is 1. The minimum Gasteiger partial charge on any atom is -0.465 e. The molecule has 0 aliphatic rings. The summed E-state index contributed by atoms with van der Waals surface area (Å²) < 4.78 is 42.2. The number of nitrogens with zero attached hydrogens (tertiary/aromatic N) is 1. The standard InChI is InChI=1S/C8H7F3N2O2/c1-15-8(14)3-2-13-7(12)4(5(3)9)6(10)11/h2,6H,1H3,(H2,12,13). The number of pyridine rings is 1. The molecule has 1 heterocycles. The van der Waals surface area contributed by atoms with Gasteiger partial charge in [-0.05, 0) is 0 Å². The molecule has 4 nitrogen and oxygen atoms in total. The van der Waals surface area contributed by atoms with Crippen LogP contribution in [0.25, 0.3) is 0 Å². The van der Waals surface area contributed by atoms with E-state index in [1.54, 1.807) is 0 Å². The van der Waals surface area contributed by atoms with Crippen LogP contribution in [0.3, 0.4) is 0 Å². The van der Waals surface area contributed by atoms with E-state index < -0.39 is 35.2 Å². The topological polar surface area (TPSA) is 65.2 Å². The van der Waals surface area contributed by atoms with E-state index in [-0.39, 0.29) is 0 Å². The van der Waals surface area contributed by atoms with Gasteiger partial charge in [0.2, 0.25) is 0 Å². The molecule has 15 heavy (non-hydrogen) atoms. The van der Waals surface area contributed by atoms with Gasteiger partial charge < -0.3 is 10.5 Å². The average molecular weight is 220 g/mol. The number of nitrogens with two attached hydrogens (primary N) is 1. The fraction of sp³-hybridized carbons (Fsp3) is 0.250. The number of esters is 1. The Bertz CT molecular complexity index is 396. The Kier molecular flexibility index (Phi) is 3.13. The molecule has 0 radical (unpaired) electrons. The van der Waals surface area contributed by atoms with Gasteiger partial charge >= 0.3 is 5.97 Å². The SMILES string of the molecule is COC(=O)c1cnc(N)c(C(F)F)c1F. The van der Waals surface area contributed by atoms with Crippen molar-refractivity contribution in [1.82, 2.24) is 4.98 Å². The van der Waals surface area contributed by atoms with E-state index in [1.165, 1.54) is 0 Å². The van der Waals surface area contributed by atoms with Gasteiger partial charge in [-0.2, -0.15) is 0 Å². The van der Waals surface area contributed by atoms with Crippen molar-refractivity contribution in [1.29, 1.82) is 0 Å². The Labute approximate surface area is 82.9 Å². The van der Waals surface area contributed by atoms with Gasteiger partial charge in [0.15, 0.2) is 5.82 Å². The number of hydrogen-bond donors (Lipinski definition) is 1. The minimum absolute atomic E-state index is 0.643. The minimum atomic E-state index is -3.14. The van der Waals surface area contributed by atoms with Crippen molar-refractivity contribution < 1.29 is 22.7 Å². The van der Waals surface area contributed by atoms with Gasteiger partial charge in [-0.25, -0.2) is 22.9 Å². The smallest absolute Gasteiger partial charge is 0.342 e. The van der Waals surface area contributed by atoms with E-state index >= 15 is 0 Å². The maximum atomic E-state index is 13.3. The Hall–Kier alpha value is -1.79. The molecule has 0 fully saturated rings. The van der Waals surface area contributed by atoms with Gasteiger partial charge in [0.25, 0.3) is 6.43 Å². The van der Waals surface area contributed by atoms with E-state index in [0.29, 0.717) is 0 Å². The summed E-state index contributed by atoms with van der Waals surface area (Å²) in [5, 5.41) is 0. The number of methoxy groups -OCH3 is 1. The van der Waals surface area contributed by atoms with Gasteiger partial charge in [-0.1, -0.05) is 0 Å². The quantitative estimate of drug-likeness (QED) is 0.767. The number of hydrogen-bond acceptors (Lipinski definition) is 4. The van der Waals surface area contributed by atoms with Crippen molar-refractivity contribution in [3.05, 3.63) is 23.1 Å². The molecule has 0 saturated heterocycles. The zero-order valence-electron chi connectivity index (χ0n) is 7.63. The van der Waals surface area contributed by atoms with Crippen LogP contribution in [0.2, 0.25) is 0 Å². The predicted molar refractivity (Wildman–Crippen MR) is 44.9 cm³/mol. The molecule has 0 aliphatic heterocycles. The van der Waals surface area contributed by atoms with Crippen LogP contribution in [0.1, 0.15) is 22.3 Å². The third-order valence-electron chi connectivity index (χ3n) is 1.71. The van der Waals surface area contributed by atoms with Crippen molar-refractivity contribution in [2.45, 2.75) is 6.43 Å². The Morgan fingerprint density at radius 1 is 1.60 bits per heavy atom. The van der Waals surface area contributed by atoms with Crippen LogP contribution >= 0.6 is 0 Å². The number of nitrogen functional groups attached to an aromatic ring is 1. The van der Waals surface area contributed by atoms with Crippen LogP contribution in [0.4, 0.5) is 19.0 Å². The summed E-state index contributed by atoms with van der Waals surface area (Å²) in [4.78, 5) is 14.2. The molecule has 82 valence electrons. The highest BCUT2D eigenvalue weighted by Crippen LogP contribution is 2.28. The molecule has 0 amide bonds. The molecular formula is C8H7F3N2O2. The molecule has 1 rings (SSSR count). The molecule has 0 aliphatic carbocycles. The molecule has 0 unspecified atom stereocenters. The van der Waals surface area contributed by atoms with E-state index in [4.69, 9.17) is 5.73 Å². The van der Waals surface area contributed by atoms with Crippen LogP contribution in [0.15, 0.2) is 6.20 Å². The first-order valence-corrected chi connectivity index (χ1v) is 3.79. The maximum absolute atomic E-state index is 13.3. The number of carbonyl (C=O) groups excluding carboxylic acids is 1. The summed E-state index contributed by atoms with van der Waals surface area (Å²) >= 11 is 0. The Morgan fingerprint density at radius 2 is 2.20 bits per heavy atom. The van der Waals surface area contributed by atoms with Crippen molar-refractivity contribution in [3.8, 4) is 0 Å². The number of aromatic nitrogens is 1. The van der Waals surface area contributed by atoms with Crippen molar-refractivity contribution in [2.75, 3.05) is 12.8 Å². The summed E-state index contributed by atoms with van der Waals surface area (Å²) in [6.45, 7) is 0. The summed E-state index contributed by atoms with van der Waals surface area (Å²) in [5.41, 5.74) is 3.30. The lowest BCUT2D eigenvalue weighted by atomic mass is 10.1. The largest absolute Gasteiger partial charge is 0.465 e. The van der Waals surface area contributed by atoms with E-state index in [9.17, 15) is 18.0 Å². The number of ether oxygens (including phenoxy) is 1. The highest BCUT2D eigenvalue weighted by Gasteiger charge is 2.24. The number of alkyl halides is 2. The van der Waals surface area contributed by atoms with E-state index in [1.807, 2.05) is 0 Å². The first-order chi connectivity index (χ1) is 6.99. The Morgan fingerprint density at radius 3 is 2.67 bits per heavy atom.